The molecular weight excluding hydrogens is 408 g/mol. The minimum absolute atomic E-state index is 0.0628. The van der Waals surface area contributed by atoms with E-state index in [2.05, 4.69) is 36.9 Å². The Morgan fingerprint density at radius 2 is 1.58 bits per heavy atom. The predicted molar refractivity (Wildman–Crippen MR) is 135 cm³/mol. The van der Waals surface area contributed by atoms with Crippen LogP contribution in [-0.4, -0.2) is 37.0 Å². The molecule has 3 aromatic rings. The number of carbonyl (C=O) groups excluding carboxylic acids is 1. The van der Waals surface area contributed by atoms with E-state index in [1.165, 1.54) is 16.7 Å². The maximum absolute atomic E-state index is 13.6. The number of rotatable bonds is 6. The van der Waals surface area contributed by atoms with Gasteiger partial charge in [0, 0.05) is 36.9 Å². The highest BCUT2D eigenvalue weighted by atomic mass is 16.5. The highest BCUT2D eigenvalue weighted by Crippen LogP contribution is 2.28. The Hall–Kier alpha value is -3.11. The number of nitrogens with zero attached hydrogens (tertiary/aromatic N) is 2. The molecule has 0 aliphatic carbocycles. The van der Waals surface area contributed by atoms with Gasteiger partial charge in [-0.3, -0.25) is 9.69 Å². The van der Waals surface area contributed by atoms with Crippen LogP contribution in [0.2, 0.25) is 0 Å². The Morgan fingerprint density at radius 3 is 2.18 bits per heavy atom. The Balaban J connectivity index is 1.51. The van der Waals surface area contributed by atoms with Crippen LogP contribution in [0.5, 0.6) is 5.75 Å². The van der Waals surface area contributed by atoms with E-state index >= 15 is 0 Å². The van der Waals surface area contributed by atoms with E-state index in [9.17, 15) is 4.79 Å². The van der Waals surface area contributed by atoms with Gasteiger partial charge in [-0.05, 0) is 86.7 Å². The zero-order chi connectivity index (χ0) is 23.4. The van der Waals surface area contributed by atoms with E-state index < -0.39 is 0 Å². The van der Waals surface area contributed by atoms with Crippen molar-refractivity contribution in [3.05, 3.63) is 94.5 Å². The average Bonchev–Trinajstić information content (AvgIpc) is 2.83. The van der Waals surface area contributed by atoms with Crippen LogP contribution in [0, 0.1) is 20.8 Å². The number of benzene rings is 3. The molecule has 1 aliphatic rings. The van der Waals surface area contributed by atoms with Crippen LogP contribution >= 0.6 is 0 Å². The average molecular weight is 443 g/mol. The Labute approximate surface area is 197 Å². The molecule has 0 unspecified atom stereocenters. The Kier molecular flexibility index (Phi) is 7.14. The van der Waals surface area contributed by atoms with E-state index in [1.807, 2.05) is 60.4 Å². The molecule has 0 saturated carbocycles. The molecule has 4 rings (SSSR count). The second-order valence-electron chi connectivity index (χ2n) is 9.17. The van der Waals surface area contributed by atoms with Crippen molar-refractivity contribution in [3.8, 4) is 5.75 Å². The second kappa shape index (κ2) is 10.2. The minimum Gasteiger partial charge on any atom is -0.497 e. The van der Waals surface area contributed by atoms with Gasteiger partial charge >= 0.3 is 0 Å². The summed E-state index contributed by atoms with van der Waals surface area (Å²) >= 11 is 0. The van der Waals surface area contributed by atoms with E-state index in [4.69, 9.17) is 4.74 Å². The van der Waals surface area contributed by atoms with E-state index in [0.717, 1.165) is 55.0 Å². The van der Waals surface area contributed by atoms with Crippen molar-refractivity contribution in [2.24, 2.45) is 0 Å². The number of hydrogen-bond acceptors (Lipinski definition) is 3. The summed E-state index contributed by atoms with van der Waals surface area (Å²) in [5.74, 6) is 0.859. The number of carbonyl (C=O) groups is 1. The SMILES string of the molecule is COc1ccc(N(C(=O)c2ccc(C)cc2)C2CCN(Cc3ccc(C)c(C)c3)CC2)cc1. The van der Waals surface area contributed by atoms with Crippen LogP contribution in [-0.2, 0) is 6.54 Å². The van der Waals surface area contributed by atoms with Crippen LogP contribution in [0.3, 0.4) is 0 Å². The van der Waals surface area contributed by atoms with Gasteiger partial charge in [0.15, 0.2) is 0 Å². The fourth-order valence-electron chi connectivity index (χ4n) is 4.57. The fourth-order valence-corrected chi connectivity index (χ4v) is 4.57. The highest BCUT2D eigenvalue weighted by molar-refractivity contribution is 6.06. The largest absolute Gasteiger partial charge is 0.497 e. The molecular formula is C29H34N2O2. The third-order valence-corrected chi connectivity index (χ3v) is 6.77. The molecule has 3 aromatic carbocycles. The molecule has 4 nitrogen and oxygen atoms in total. The predicted octanol–water partition coefficient (Wildman–Crippen LogP) is 5.93. The van der Waals surface area contributed by atoms with Gasteiger partial charge in [0.2, 0.25) is 0 Å². The zero-order valence-electron chi connectivity index (χ0n) is 20.2. The van der Waals surface area contributed by atoms with Crippen LogP contribution in [0.15, 0.2) is 66.7 Å². The number of aryl methyl sites for hydroxylation is 3. The second-order valence-corrected chi connectivity index (χ2v) is 9.17. The lowest BCUT2D eigenvalue weighted by Crippen LogP contribution is -2.47. The zero-order valence-corrected chi connectivity index (χ0v) is 20.2. The summed E-state index contributed by atoms with van der Waals surface area (Å²) in [5.41, 5.74) is 6.85. The van der Waals surface area contributed by atoms with Gasteiger partial charge in [0.05, 0.1) is 7.11 Å². The van der Waals surface area contributed by atoms with Crippen molar-refractivity contribution in [2.45, 2.75) is 46.2 Å². The van der Waals surface area contributed by atoms with Crippen molar-refractivity contribution < 1.29 is 9.53 Å². The quantitative estimate of drug-likeness (QED) is 0.474. The number of amides is 1. The van der Waals surface area contributed by atoms with Crippen LogP contribution in [0.1, 0.15) is 45.5 Å². The van der Waals surface area contributed by atoms with Gasteiger partial charge in [0.25, 0.3) is 5.91 Å². The molecule has 1 amide bonds. The summed E-state index contributed by atoms with van der Waals surface area (Å²) in [6.07, 6.45) is 1.91. The van der Waals surface area contributed by atoms with Crippen molar-refractivity contribution in [2.75, 3.05) is 25.1 Å². The first-order chi connectivity index (χ1) is 15.9. The number of ether oxygens (including phenoxy) is 1. The molecule has 1 fully saturated rings. The molecule has 33 heavy (non-hydrogen) atoms. The summed E-state index contributed by atoms with van der Waals surface area (Å²) in [6, 6.07) is 22.6. The molecule has 1 aliphatic heterocycles. The third kappa shape index (κ3) is 5.45. The van der Waals surface area contributed by atoms with Gasteiger partial charge in [-0.25, -0.2) is 0 Å². The minimum atomic E-state index is 0.0628. The van der Waals surface area contributed by atoms with Gasteiger partial charge in [0.1, 0.15) is 5.75 Å². The standard InChI is InChI=1S/C29H34N2O2/c1-21-5-9-25(10-6-21)29(32)31(26-11-13-28(33-4)14-12-26)27-15-17-30(18-16-27)20-24-8-7-22(2)23(3)19-24/h5-14,19,27H,15-18,20H2,1-4H3. The first-order valence-electron chi connectivity index (χ1n) is 11.8. The first kappa shape index (κ1) is 23.1. The summed E-state index contributed by atoms with van der Waals surface area (Å²) in [7, 11) is 1.66. The van der Waals surface area contributed by atoms with E-state index in [-0.39, 0.29) is 11.9 Å². The highest BCUT2D eigenvalue weighted by Gasteiger charge is 2.30. The van der Waals surface area contributed by atoms with Gasteiger partial charge in [-0.2, -0.15) is 0 Å². The summed E-state index contributed by atoms with van der Waals surface area (Å²) < 4.78 is 5.33. The smallest absolute Gasteiger partial charge is 0.258 e. The van der Waals surface area contributed by atoms with Crippen molar-refractivity contribution in [1.82, 2.24) is 4.90 Å². The van der Waals surface area contributed by atoms with Crippen molar-refractivity contribution >= 4 is 11.6 Å². The first-order valence-corrected chi connectivity index (χ1v) is 11.8. The lowest BCUT2D eigenvalue weighted by Gasteiger charge is -2.39. The van der Waals surface area contributed by atoms with E-state index in [0.29, 0.717) is 0 Å². The summed E-state index contributed by atoms with van der Waals surface area (Å²) in [6.45, 7) is 9.29. The number of anilines is 1. The number of methoxy groups -OCH3 is 1. The lowest BCUT2D eigenvalue weighted by molar-refractivity contribution is 0.0958. The van der Waals surface area contributed by atoms with Crippen LogP contribution < -0.4 is 9.64 Å². The fraction of sp³-hybridized carbons (Fsp3) is 0.345. The monoisotopic (exact) mass is 442 g/mol. The Morgan fingerprint density at radius 1 is 0.909 bits per heavy atom. The lowest BCUT2D eigenvalue weighted by atomic mass is 9.99. The molecule has 0 bridgehead atoms. The maximum Gasteiger partial charge on any atom is 0.258 e. The Bertz CT molecular complexity index is 1080. The van der Waals surface area contributed by atoms with Gasteiger partial charge < -0.3 is 9.64 Å². The van der Waals surface area contributed by atoms with Crippen molar-refractivity contribution in [1.29, 1.82) is 0 Å². The number of likely N-dealkylation sites (tertiary alicyclic amines) is 1. The van der Waals surface area contributed by atoms with Crippen LogP contribution in [0.4, 0.5) is 5.69 Å². The normalized spacial score (nSPS) is 14.8. The molecule has 0 aromatic heterocycles. The molecule has 0 N–H and O–H groups in total. The van der Waals surface area contributed by atoms with Gasteiger partial charge in [-0.15, -0.1) is 0 Å². The van der Waals surface area contributed by atoms with Crippen LogP contribution in [0.25, 0.3) is 0 Å². The number of piperidine rings is 1. The molecule has 4 heteroatoms. The summed E-state index contributed by atoms with van der Waals surface area (Å²) in [5, 5.41) is 0. The van der Waals surface area contributed by atoms with Crippen molar-refractivity contribution in [3.63, 3.8) is 0 Å². The number of hydrogen-bond donors (Lipinski definition) is 0. The molecule has 172 valence electrons. The molecule has 1 saturated heterocycles. The molecule has 1 heterocycles. The molecule has 0 spiro atoms. The summed E-state index contributed by atoms with van der Waals surface area (Å²) in [4.78, 5) is 18.1. The third-order valence-electron chi connectivity index (χ3n) is 6.77. The van der Waals surface area contributed by atoms with Gasteiger partial charge in [-0.1, -0.05) is 35.9 Å². The topological polar surface area (TPSA) is 32.8 Å². The molecule has 0 radical (unpaired) electrons. The maximum atomic E-state index is 13.6. The molecule has 0 atom stereocenters. The van der Waals surface area contributed by atoms with E-state index in [1.54, 1.807) is 7.11 Å².